The molecule has 2 heteroatoms. The van der Waals surface area contributed by atoms with Crippen LogP contribution in [0.3, 0.4) is 0 Å². The molecule has 0 aliphatic heterocycles. The third-order valence-corrected chi connectivity index (χ3v) is 4.91. The van der Waals surface area contributed by atoms with Crippen LogP contribution >= 0.6 is 18.5 Å². The standard InChI is InChI=1S/C9H12ClP/c1-8(2)11(10)9-6-4-3-5-7-9/h3-8H,1-2H3/t11-/m0/s1. The summed E-state index contributed by atoms with van der Waals surface area (Å²) in [6, 6.07) is 10.3. The largest absolute Gasteiger partial charge is 0.0909 e. The fourth-order valence-electron chi connectivity index (χ4n) is 0.869. The maximum Gasteiger partial charge on any atom is 0.0238 e. The van der Waals surface area contributed by atoms with E-state index in [2.05, 4.69) is 26.0 Å². The quantitative estimate of drug-likeness (QED) is 0.622. The molecule has 0 saturated carbocycles. The molecule has 1 aromatic rings. The van der Waals surface area contributed by atoms with Gasteiger partial charge in [0.25, 0.3) is 0 Å². The Bertz CT molecular complexity index is 208. The highest BCUT2D eigenvalue weighted by atomic mass is 35.7. The van der Waals surface area contributed by atoms with Crippen molar-refractivity contribution in [2.75, 3.05) is 0 Å². The van der Waals surface area contributed by atoms with Crippen molar-refractivity contribution < 1.29 is 0 Å². The van der Waals surface area contributed by atoms with E-state index in [9.17, 15) is 0 Å². The third kappa shape index (κ3) is 2.47. The SMILES string of the molecule is CC(C)[P@](Cl)c1ccccc1. The Morgan fingerprint density at radius 3 is 2.18 bits per heavy atom. The predicted octanol–water partition coefficient (Wildman–Crippen LogP) is 3.36. The van der Waals surface area contributed by atoms with Gasteiger partial charge in [0, 0.05) is 7.27 Å². The van der Waals surface area contributed by atoms with Crippen molar-refractivity contribution in [3.8, 4) is 0 Å². The fourth-order valence-corrected chi connectivity index (χ4v) is 2.26. The number of benzene rings is 1. The molecule has 0 radical (unpaired) electrons. The normalized spacial score (nSPS) is 13.5. The highest BCUT2D eigenvalue weighted by Crippen LogP contribution is 2.44. The van der Waals surface area contributed by atoms with Crippen LogP contribution in [0.1, 0.15) is 13.8 Å². The average Bonchev–Trinajstić information content (AvgIpc) is 2.05. The van der Waals surface area contributed by atoms with Gasteiger partial charge in [0.1, 0.15) is 0 Å². The minimum absolute atomic E-state index is 0.462. The van der Waals surface area contributed by atoms with Gasteiger partial charge in [-0.2, -0.15) is 0 Å². The summed E-state index contributed by atoms with van der Waals surface area (Å²) in [5, 5.41) is 1.28. The second-order valence-electron chi connectivity index (χ2n) is 2.74. The predicted molar refractivity (Wildman–Crippen MR) is 54.0 cm³/mol. The van der Waals surface area contributed by atoms with Gasteiger partial charge in [-0.15, -0.1) is 0 Å². The van der Waals surface area contributed by atoms with E-state index in [4.69, 9.17) is 11.2 Å². The smallest absolute Gasteiger partial charge is 0.0238 e. The molecular weight excluding hydrogens is 175 g/mol. The molecule has 11 heavy (non-hydrogen) atoms. The monoisotopic (exact) mass is 186 g/mol. The molecule has 0 bridgehead atoms. The van der Waals surface area contributed by atoms with Crippen LogP contribution in [0.5, 0.6) is 0 Å². The summed E-state index contributed by atoms with van der Waals surface area (Å²) >= 11 is 6.21. The molecule has 0 amide bonds. The number of rotatable bonds is 2. The molecule has 0 unspecified atom stereocenters. The van der Waals surface area contributed by atoms with Gasteiger partial charge >= 0.3 is 0 Å². The number of hydrogen-bond donors (Lipinski definition) is 0. The van der Waals surface area contributed by atoms with Crippen LogP contribution in [0.25, 0.3) is 0 Å². The Kier molecular flexibility index (Phi) is 3.36. The summed E-state index contributed by atoms with van der Waals surface area (Å²) in [7, 11) is -0.462. The summed E-state index contributed by atoms with van der Waals surface area (Å²) in [6.45, 7) is 4.32. The molecule has 0 spiro atoms. The zero-order valence-corrected chi connectivity index (χ0v) is 8.44. The number of hydrogen-bond acceptors (Lipinski definition) is 0. The van der Waals surface area contributed by atoms with Gasteiger partial charge in [0.2, 0.25) is 0 Å². The lowest BCUT2D eigenvalue weighted by molar-refractivity contribution is 1.11. The van der Waals surface area contributed by atoms with Gasteiger partial charge in [0.05, 0.1) is 0 Å². The molecule has 1 rings (SSSR count). The van der Waals surface area contributed by atoms with Gasteiger partial charge < -0.3 is 0 Å². The Balaban J connectivity index is 2.77. The minimum Gasteiger partial charge on any atom is -0.0909 e. The van der Waals surface area contributed by atoms with Crippen molar-refractivity contribution >= 4 is 23.8 Å². The molecule has 0 fully saturated rings. The van der Waals surface area contributed by atoms with Crippen LogP contribution in [0, 0.1) is 0 Å². The van der Waals surface area contributed by atoms with Gasteiger partial charge in [-0.05, 0) is 11.0 Å². The second kappa shape index (κ2) is 4.09. The maximum absolute atomic E-state index is 6.21. The Morgan fingerprint density at radius 2 is 1.73 bits per heavy atom. The third-order valence-electron chi connectivity index (χ3n) is 1.46. The van der Waals surface area contributed by atoms with Crippen molar-refractivity contribution in [1.82, 2.24) is 0 Å². The summed E-state index contributed by atoms with van der Waals surface area (Å²) in [4.78, 5) is 0. The highest BCUT2D eigenvalue weighted by Gasteiger charge is 2.10. The van der Waals surface area contributed by atoms with Gasteiger partial charge in [-0.3, -0.25) is 0 Å². The second-order valence-corrected chi connectivity index (χ2v) is 6.00. The van der Waals surface area contributed by atoms with Crippen LogP contribution in [-0.2, 0) is 0 Å². The zero-order valence-electron chi connectivity index (χ0n) is 6.79. The fraction of sp³-hybridized carbons (Fsp3) is 0.333. The van der Waals surface area contributed by atoms with E-state index in [0.717, 1.165) is 0 Å². The number of halogens is 1. The lowest BCUT2D eigenvalue weighted by Crippen LogP contribution is -2.02. The molecule has 0 aromatic heterocycles. The lowest BCUT2D eigenvalue weighted by atomic mass is 10.4. The average molecular weight is 187 g/mol. The summed E-state index contributed by atoms with van der Waals surface area (Å²) in [5.41, 5.74) is 0.564. The molecular formula is C9H12ClP. The zero-order chi connectivity index (χ0) is 8.27. The summed E-state index contributed by atoms with van der Waals surface area (Å²) in [6.07, 6.45) is 0. The van der Waals surface area contributed by atoms with Crippen LogP contribution in [-0.4, -0.2) is 5.66 Å². The molecule has 0 aliphatic carbocycles. The van der Waals surface area contributed by atoms with E-state index >= 15 is 0 Å². The van der Waals surface area contributed by atoms with Gasteiger partial charge in [0.15, 0.2) is 0 Å². The van der Waals surface area contributed by atoms with Crippen molar-refractivity contribution in [3.05, 3.63) is 30.3 Å². The molecule has 0 heterocycles. The maximum atomic E-state index is 6.21. The topological polar surface area (TPSA) is 0 Å². The van der Waals surface area contributed by atoms with Crippen LogP contribution in [0.2, 0.25) is 0 Å². The molecule has 0 aliphatic rings. The Labute approximate surface area is 74.1 Å². The molecule has 60 valence electrons. The van der Waals surface area contributed by atoms with Crippen molar-refractivity contribution in [3.63, 3.8) is 0 Å². The first-order valence-electron chi connectivity index (χ1n) is 3.72. The molecule has 0 saturated heterocycles. The van der Waals surface area contributed by atoms with E-state index in [0.29, 0.717) is 5.66 Å². The van der Waals surface area contributed by atoms with Gasteiger partial charge in [-0.25, -0.2) is 0 Å². The van der Waals surface area contributed by atoms with E-state index in [1.165, 1.54) is 5.30 Å². The van der Waals surface area contributed by atoms with E-state index in [1.54, 1.807) is 0 Å². The van der Waals surface area contributed by atoms with E-state index in [-0.39, 0.29) is 0 Å². The molecule has 1 atom stereocenters. The van der Waals surface area contributed by atoms with Crippen LogP contribution in [0.4, 0.5) is 0 Å². The lowest BCUT2D eigenvalue weighted by Gasteiger charge is -2.12. The highest BCUT2D eigenvalue weighted by molar-refractivity contribution is 7.90. The van der Waals surface area contributed by atoms with Crippen molar-refractivity contribution in [1.29, 1.82) is 0 Å². The molecule has 0 nitrogen and oxygen atoms in total. The summed E-state index contributed by atoms with van der Waals surface area (Å²) < 4.78 is 0. The Hall–Kier alpha value is -0.0600. The minimum atomic E-state index is -0.462. The van der Waals surface area contributed by atoms with Crippen LogP contribution in [0.15, 0.2) is 30.3 Å². The molecule has 1 aromatic carbocycles. The Morgan fingerprint density at radius 1 is 1.18 bits per heavy atom. The van der Waals surface area contributed by atoms with E-state index in [1.807, 2.05) is 18.2 Å². The molecule has 0 N–H and O–H groups in total. The first-order chi connectivity index (χ1) is 5.22. The van der Waals surface area contributed by atoms with Crippen molar-refractivity contribution in [2.45, 2.75) is 19.5 Å². The summed E-state index contributed by atoms with van der Waals surface area (Å²) in [5.74, 6) is 0. The van der Waals surface area contributed by atoms with Crippen molar-refractivity contribution in [2.24, 2.45) is 0 Å². The first kappa shape index (κ1) is 9.03. The van der Waals surface area contributed by atoms with E-state index < -0.39 is 7.27 Å². The van der Waals surface area contributed by atoms with Gasteiger partial charge in [-0.1, -0.05) is 55.4 Å². The first-order valence-corrected chi connectivity index (χ1v) is 6.03. The van der Waals surface area contributed by atoms with Crippen LogP contribution < -0.4 is 5.30 Å².